The summed E-state index contributed by atoms with van der Waals surface area (Å²) in [5.41, 5.74) is 1.24. The maximum absolute atomic E-state index is 12.3. The van der Waals surface area contributed by atoms with Crippen molar-refractivity contribution < 1.29 is 14.7 Å². The minimum absolute atomic E-state index is 0.0182. The largest absolute Gasteiger partial charge is 0.479 e. The fraction of sp³-hybridized carbons (Fsp3) is 0.150. The standard InChI is InChI=1S/C20H17ClN2O4/c21-15-7-3-2-6-14(15)18(20(26)27)23-17(24)10-9-13-11-12-5-1-4-8-16(12)22-19(13)25/h1-8,11,18H,9-10H2,(H,22,25)(H,23,24)(H,26,27). The first kappa shape index (κ1) is 18.7. The number of para-hydroxylation sites is 1. The number of nitrogens with one attached hydrogen (secondary N) is 2. The average molecular weight is 385 g/mol. The second kappa shape index (κ2) is 8.05. The third-order valence-electron chi connectivity index (χ3n) is 4.22. The third kappa shape index (κ3) is 4.35. The number of fused-ring (bicyclic) bond motifs is 1. The van der Waals surface area contributed by atoms with Crippen LogP contribution in [0.2, 0.25) is 5.02 Å². The molecular weight excluding hydrogens is 368 g/mol. The van der Waals surface area contributed by atoms with Crippen LogP contribution in [0.1, 0.15) is 23.6 Å². The molecule has 0 saturated carbocycles. The van der Waals surface area contributed by atoms with Gasteiger partial charge in [0.25, 0.3) is 5.56 Å². The molecule has 2 aromatic carbocycles. The van der Waals surface area contributed by atoms with Gasteiger partial charge in [-0.2, -0.15) is 0 Å². The number of carbonyl (C=O) groups excluding carboxylic acids is 1. The van der Waals surface area contributed by atoms with E-state index in [-0.39, 0.29) is 23.4 Å². The van der Waals surface area contributed by atoms with Gasteiger partial charge >= 0.3 is 5.97 Å². The van der Waals surface area contributed by atoms with Gasteiger partial charge in [0.05, 0.1) is 0 Å². The molecule has 7 heteroatoms. The number of aromatic amines is 1. The Kier molecular flexibility index (Phi) is 5.57. The molecule has 1 heterocycles. The molecule has 1 amide bonds. The van der Waals surface area contributed by atoms with Crippen molar-refractivity contribution in [1.29, 1.82) is 0 Å². The summed E-state index contributed by atoms with van der Waals surface area (Å²) in [5.74, 6) is -1.69. The molecule has 0 bridgehead atoms. The summed E-state index contributed by atoms with van der Waals surface area (Å²) in [7, 11) is 0. The Hall–Kier alpha value is -3.12. The molecule has 0 aliphatic rings. The quantitative estimate of drug-likeness (QED) is 0.608. The Labute approximate surface area is 159 Å². The van der Waals surface area contributed by atoms with Crippen molar-refractivity contribution in [3.05, 3.63) is 81.1 Å². The van der Waals surface area contributed by atoms with E-state index in [1.165, 1.54) is 0 Å². The van der Waals surface area contributed by atoms with Gasteiger partial charge in [-0.05, 0) is 30.0 Å². The molecule has 0 spiro atoms. The van der Waals surface area contributed by atoms with Crippen LogP contribution in [0.5, 0.6) is 0 Å². The highest BCUT2D eigenvalue weighted by molar-refractivity contribution is 6.31. The average Bonchev–Trinajstić information content (AvgIpc) is 2.65. The van der Waals surface area contributed by atoms with Crippen LogP contribution in [0.3, 0.4) is 0 Å². The molecule has 6 nitrogen and oxygen atoms in total. The Morgan fingerprint density at radius 3 is 2.56 bits per heavy atom. The summed E-state index contributed by atoms with van der Waals surface area (Å²) in [4.78, 5) is 38.7. The first-order valence-corrected chi connectivity index (χ1v) is 8.71. The van der Waals surface area contributed by atoms with Crippen molar-refractivity contribution in [3.8, 4) is 0 Å². The first-order chi connectivity index (χ1) is 13.0. The van der Waals surface area contributed by atoms with Crippen LogP contribution in [0, 0.1) is 0 Å². The van der Waals surface area contributed by atoms with E-state index in [0.29, 0.717) is 11.1 Å². The molecule has 27 heavy (non-hydrogen) atoms. The number of H-pyrrole nitrogens is 1. The van der Waals surface area contributed by atoms with Gasteiger partial charge in [0.15, 0.2) is 6.04 Å². The Morgan fingerprint density at radius 1 is 1.11 bits per heavy atom. The second-order valence-corrected chi connectivity index (χ2v) is 6.48. The van der Waals surface area contributed by atoms with Crippen LogP contribution in [-0.2, 0) is 16.0 Å². The number of carbonyl (C=O) groups is 2. The van der Waals surface area contributed by atoms with E-state index in [1.54, 1.807) is 36.4 Å². The lowest BCUT2D eigenvalue weighted by Gasteiger charge is -2.16. The van der Waals surface area contributed by atoms with E-state index in [0.717, 1.165) is 10.9 Å². The second-order valence-electron chi connectivity index (χ2n) is 6.07. The van der Waals surface area contributed by atoms with Crippen LogP contribution >= 0.6 is 11.6 Å². The van der Waals surface area contributed by atoms with E-state index in [1.807, 2.05) is 18.2 Å². The Bertz CT molecular complexity index is 1060. The van der Waals surface area contributed by atoms with Crippen LogP contribution in [-0.4, -0.2) is 22.0 Å². The van der Waals surface area contributed by atoms with Crippen molar-refractivity contribution in [2.45, 2.75) is 18.9 Å². The number of aryl methyl sites for hydroxylation is 1. The normalized spacial score (nSPS) is 11.9. The Morgan fingerprint density at radius 2 is 1.81 bits per heavy atom. The molecule has 138 valence electrons. The van der Waals surface area contributed by atoms with E-state index in [2.05, 4.69) is 10.3 Å². The van der Waals surface area contributed by atoms with Crippen molar-refractivity contribution in [2.75, 3.05) is 0 Å². The van der Waals surface area contributed by atoms with Crippen LogP contribution in [0.15, 0.2) is 59.4 Å². The maximum Gasteiger partial charge on any atom is 0.330 e. The van der Waals surface area contributed by atoms with Crippen molar-refractivity contribution in [3.63, 3.8) is 0 Å². The van der Waals surface area contributed by atoms with Crippen LogP contribution in [0.4, 0.5) is 0 Å². The lowest BCUT2D eigenvalue weighted by molar-refractivity contribution is -0.142. The van der Waals surface area contributed by atoms with E-state index in [4.69, 9.17) is 11.6 Å². The number of aromatic nitrogens is 1. The molecule has 1 unspecified atom stereocenters. The van der Waals surface area contributed by atoms with Crippen molar-refractivity contribution in [1.82, 2.24) is 10.3 Å². The van der Waals surface area contributed by atoms with Gasteiger partial charge in [-0.25, -0.2) is 4.79 Å². The van der Waals surface area contributed by atoms with Crippen LogP contribution < -0.4 is 10.9 Å². The van der Waals surface area contributed by atoms with Crippen LogP contribution in [0.25, 0.3) is 10.9 Å². The van der Waals surface area contributed by atoms with E-state index >= 15 is 0 Å². The zero-order valence-electron chi connectivity index (χ0n) is 14.2. The smallest absolute Gasteiger partial charge is 0.330 e. The van der Waals surface area contributed by atoms with E-state index in [9.17, 15) is 19.5 Å². The molecule has 0 aliphatic heterocycles. The lowest BCUT2D eigenvalue weighted by atomic mass is 10.1. The van der Waals surface area contributed by atoms with Gasteiger partial charge in [-0.15, -0.1) is 0 Å². The molecule has 3 rings (SSSR count). The fourth-order valence-corrected chi connectivity index (χ4v) is 3.09. The van der Waals surface area contributed by atoms with Crippen molar-refractivity contribution in [2.24, 2.45) is 0 Å². The molecule has 0 fully saturated rings. The zero-order valence-corrected chi connectivity index (χ0v) is 15.0. The number of aliphatic carboxylic acids is 1. The third-order valence-corrected chi connectivity index (χ3v) is 4.56. The number of carboxylic acid groups (broad SMARTS) is 1. The number of rotatable bonds is 6. The summed E-state index contributed by atoms with van der Waals surface area (Å²) in [6, 6.07) is 14.3. The first-order valence-electron chi connectivity index (χ1n) is 8.33. The molecule has 0 radical (unpaired) electrons. The number of carboxylic acids is 1. The highest BCUT2D eigenvalue weighted by atomic mass is 35.5. The number of hydrogen-bond acceptors (Lipinski definition) is 3. The molecule has 1 aromatic heterocycles. The Balaban J connectivity index is 1.72. The summed E-state index contributed by atoms with van der Waals surface area (Å²) in [6.07, 6.45) is 0.177. The topological polar surface area (TPSA) is 99.3 Å². The monoisotopic (exact) mass is 384 g/mol. The van der Waals surface area contributed by atoms with Crippen molar-refractivity contribution >= 4 is 34.4 Å². The molecule has 3 aromatic rings. The molecular formula is C20H17ClN2O4. The highest BCUT2D eigenvalue weighted by Gasteiger charge is 2.24. The number of hydrogen-bond donors (Lipinski definition) is 3. The lowest BCUT2D eigenvalue weighted by Crippen LogP contribution is -2.34. The van der Waals surface area contributed by atoms with Gasteiger partial charge < -0.3 is 15.4 Å². The van der Waals surface area contributed by atoms with Gasteiger partial charge in [0.2, 0.25) is 5.91 Å². The predicted molar refractivity (Wildman–Crippen MR) is 103 cm³/mol. The molecule has 0 aliphatic carbocycles. The maximum atomic E-state index is 12.3. The minimum atomic E-state index is -1.25. The molecule has 1 atom stereocenters. The SMILES string of the molecule is O=C(CCc1cc2ccccc2[nH]c1=O)NC(C(=O)O)c1ccccc1Cl. The number of pyridine rings is 1. The zero-order chi connectivity index (χ0) is 19.4. The number of halogens is 1. The van der Waals surface area contributed by atoms with Gasteiger partial charge in [-0.3, -0.25) is 9.59 Å². The summed E-state index contributed by atoms with van der Waals surface area (Å²) in [5, 5.41) is 13.0. The summed E-state index contributed by atoms with van der Waals surface area (Å²) < 4.78 is 0. The molecule has 0 saturated heterocycles. The van der Waals surface area contributed by atoms with E-state index < -0.39 is 17.9 Å². The van der Waals surface area contributed by atoms with Gasteiger partial charge in [-0.1, -0.05) is 48.0 Å². The fourth-order valence-electron chi connectivity index (χ4n) is 2.84. The van der Waals surface area contributed by atoms with Gasteiger partial charge in [0.1, 0.15) is 0 Å². The highest BCUT2D eigenvalue weighted by Crippen LogP contribution is 2.23. The number of benzene rings is 2. The predicted octanol–water partition coefficient (Wildman–Crippen LogP) is 3.06. The number of amides is 1. The molecule has 3 N–H and O–H groups in total. The minimum Gasteiger partial charge on any atom is -0.479 e. The summed E-state index contributed by atoms with van der Waals surface area (Å²) in [6.45, 7) is 0. The summed E-state index contributed by atoms with van der Waals surface area (Å²) >= 11 is 6.04. The van der Waals surface area contributed by atoms with Gasteiger partial charge in [0, 0.05) is 28.1 Å².